The third-order valence-electron chi connectivity index (χ3n) is 4.63. The van der Waals surface area contributed by atoms with Crippen molar-refractivity contribution in [1.82, 2.24) is 5.32 Å². The first-order valence-corrected chi connectivity index (χ1v) is 7.41. The zero-order valence-electron chi connectivity index (χ0n) is 12.2. The molecule has 0 spiro atoms. The average Bonchev–Trinajstić information content (AvgIpc) is 2.39. The highest BCUT2D eigenvalue weighted by atomic mass is 16.5. The zero-order chi connectivity index (χ0) is 12.7. The highest BCUT2D eigenvalue weighted by molar-refractivity contribution is 4.82. The van der Waals surface area contributed by atoms with Crippen LogP contribution in [0.25, 0.3) is 0 Å². The van der Waals surface area contributed by atoms with Crippen LogP contribution in [0, 0.1) is 11.8 Å². The lowest BCUT2D eigenvalue weighted by atomic mass is 9.76. The summed E-state index contributed by atoms with van der Waals surface area (Å²) < 4.78 is 5.35. The summed E-state index contributed by atoms with van der Waals surface area (Å²) in [7, 11) is 3.93. The summed E-state index contributed by atoms with van der Waals surface area (Å²) in [5.74, 6) is 1.87. The number of hydrogen-bond acceptors (Lipinski definition) is 2. The highest BCUT2D eigenvalue weighted by Crippen LogP contribution is 2.34. The third kappa shape index (κ3) is 4.97. The molecule has 1 fully saturated rings. The smallest absolute Gasteiger partial charge is 0.0543 e. The van der Waals surface area contributed by atoms with Crippen LogP contribution >= 0.6 is 0 Å². The molecular weight excluding hydrogens is 210 g/mol. The van der Waals surface area contributed by atoms with Gasteiger partial charge in [0.25, 0.3) is 0 Å². The number of methoxy groups -OCH3 is 1. The molecule has 1 aliphatic carbocycles. The molecule has 1 rings (SSSR count). The van der Waals surface area contributed by atoms with Gasteiger partial charge in [0.05, 0.1) is 6.10 Å². The summed E-state index contributed by atoms with van der Waals surface area (Å²) in [5.41, 5.74) is 0. The Balaban J connectivity index is 2.37. The van der Waals surface area contributed by atoms with E-state index in [1.807, 2.05) is 7.11 Å². The Morgan fingerprint density at radius 2 is 2.06 bits per heavy atom. The molecule has 17 heavy (non-hydrogen) atoms. The van der Waals surface area contributed by atoms with Crippen LogP contribution < -0.4 is 5.32 Å². The minimum atomic E-state index is 0.399. The van der Waals surface area contributed by atoms with Crippen molar-refractivity contribution < 1.29 is 4.74 Å². The molecule has 0 amide bonds. The van der Waals surface area contributed by atoms with Gasteiger partial charge in [-0.05, 0) is 51.5 Å². The second-order valence-corrected chi connectivity index (χ2v) is 5.72. The topological polar surface area (TPSA) is 21.3 Å². The predicted molar refractivity (Wildman–Crippen MR) is 74.3 cm³/mol. The molecule has 0 radical (unpaired) electrons. The molecule has 1 saturated carbocycles. The van der Waals surface area contributed by atoms with Gasteiger partial charge < -0.3 is 10.1 Å². The van der Waals surface area contributed by atoms with E-state index >= 15 is 0 Å². The normalized spacial score (nSPS) is 28.9. The quantitative estimate of drug-likeness (QED) is 0.735. The molecule has 2 nitrogen and oxygen atoms in total. The molecule has 1 aliphatic rings. The summed E-state index contributed by atoms with van der Waals surface area (Å²) in [5, 5.41) is 3.54. The van der Waals surface area contributed by atoms with Gasteiger partial charge in [-0.15, -0.1) is 0 Å². The van der Waals surface area contributed by atoms with Gasteiger partial charge >= 0.3 is 0 Å². The van der Waals surface area contributed by atoms with E-state index in [2.05, 4.69) is 26.2 Å². The molecule has 0 aromatic rings. The fourth-order valence-corrected chi connectivity index (χ4v) is 3.22. The second kappa shape index (κ2) is 8.10. The number of nitrogens with one attached hydrogen (secondary N) is 1. The maximum Gasteiger partial charge on any atom is 0.0543 e. The molecule has 0 bridgehead atoms. The third-order valence-corrected chi connectivity index (χ3v) is 4.63. The second-order valence-electron chi connectivity index (χ2n) is 5.72. The van der Waals surface area contributed by atoms with E-state index < -0.39 is 0 Å². The summed E-state index contributed by atoms with van der Waals surface area (Å²) >= 11 is 0. The Bertz CT molecular complexity index is 195. The monoisotopic (exact) mass is 241 g/mol. The number of rotatable bonds is 7. The number of ether oxygens (including phenoxy) is 1. The zero-order valence-corrected chi connectivity index (χ0v) is 12.2. The van der Waals surface area contributed by atoms with Gasteiger partial charge in [0.2, 0.25) is 0 Å². The van der Waals surface area contributed by atoms with Gasteiger partial charge in [-0.3, -0.25) is 0 Å². The van der Waals surface area contributed by atoms with Gasteiger partial charge in [-0.25, -0.2) is 0 Å². The van der Waals surface area contributed by atoms with Crippen LogP contribution in [-0.4, -0.2) is 26.3 Å². The van der Waals surface area contributed by atoms with Gasteiger partial charge in [0, 0.05) is 13.2 Å². The minimum Gasteiger partial charge on any atom is -0.382 e. The SMILES string of the molecule is CCC1CCCC(C(CCC(C)OC)NC)C1. The summed E-state index contributed by atoms with van der Waals surface area (Å²) in [6, 6.07) is 0.696. The Morgan fingerprint density at radius 3 is 2.65 bits per heavy atom. The summed E-state index contributed by atoms with van der Waals surface area (Å²) in [6.07, 6.45) is 9.94. The van der Waals surface area contributed by atoms with Gasteiger partial charge in [-0.1, -0.05) is 26.2 Å². The number of hydrogen-bond donors (Lipinski definition) is 1. The summed E-state index contributed by atoms with van der Waals surface area (Å²) in [4.78, 5) is 0. The molecular formula is C15H31NO. The van der Waals surface area contributed by atoms with Crippen molar-refractivity contribution in [3.63, 3.8) is 0 Å². The molecule has 4 atom stereocenters. The molecule has 2 heteroatoms. The molecule has 102 valence electrons. The van der Waals surface area contributed by atoms with Gasteiger partial charge in [0.1, 0.15) is 0 Å². The fourth-order valence-electron chi connectivity index (χ4n) is 3.22. The van der Waals surface area contributed by atoms with Crippen LogP contribution in [0.3, 0.4) is 0 Å². The minimum absolute atomic E-state index is 0.399. The van der Waals surface area contributed by atoms with Crippen molar-refractivity contribution in [2.24, 2.45) is 11.8 Å². The highest BCUT2D eigenvalue weighted by Gasteiger charge is 2.26. The molecule has 0 saturated heterocycles. The lowest BCUT2D eigenvalue weighted by Crippen LogP contribution is -2.37. The first-order valence-electron chi connectivity index (χ1n) is 7.41. The van der Waals surface area contributed by atoms with E-state index in [0.717, 1.165) is 11.8 Å². The molecule has 1 N–H and O–H groups in total. The first kappa shape index (κ1) is 15.0. The lowest BCUT2D eigenvalue weighted by molar-refractivity contribution is 0.0999. The van der Waals surface area contributed by atoms with Crippen LogP contribution in [-0.2, 0) is 4.74 Å². The van der Waals surface area contributed by atoms with E-state index in [9.17, 15) is 0 Å². The van der Waals surface area contributed by atoms with Crippen molar-refractivity contribution >= 4 is 0 Å². The van der Waals surface area contributed by atoms with Crippen LogP contribution in [0.15, 0.2) is 0 Å². The Labute approximate surface area is 108 Å². The molecule has 0 heterocycles. The van der Waals surface area contributed by atoms with Crippen LogP contribution in [0.1, 0.15) is 58.8 Å². The van der Waals surface area contributed by atoms with Crippen molar-refractivity contribution in [2.45, 2.75) is 70.9 Å². The Hall–Kier alpha value is -0.0800. The van der Waals surface area contributed by atoms with Gasteiger partial charge in [0.15, 0.2) is 0 Å². The van der Waals surface area contributed by atoms with Crippen molar-refractivity contribution in [3.05, 3.63) is 0 Å². The fraction of sp³-hybridized carbons (Fsp3) is 1.00. The van der Waals surface area contributed by atoms with Crippen molar-refractivity contribution in [2.75, 3.05) is 14.2 Å². The van der Waals surface area contributed by atoms with E-state index in [-0.39, 0.29) is 0 Å². The van der Waals surface area contributed by atoms with E-state index in [1.165, 1.54) is 44.9 Å². The van der Waals surface area contributed by atoms with Crippen LogP contribution in [0.5, 0.6) is 0 Å². The van der Waals surface area contributed by atoms with Crippen LogP contribution in [0.2, 0.25) is 0 Å². The van der Waals surface area contributed by atoms with Crippen LogP contribution in [0.4, 0.5) is 0 Å². The molecule has 0 aromatic heterocycles. The largest absolute Gasteiger partial charge is 0.382 e. The molecule has 4 unspecified atom stereocenters. The van der Waals surface area contributed by atoms with E-state index in [0.29, 0.717) is 12.1 Å². The van der Waals surface area contributed by atoms with Gasteiger partial charge in [-0.2, -0.15) is 0 Å². The standard InChI is InChI=1S/C15H31NO/c1-5-13-7-6-8-14(11-13)15(16-3)10-9-12(2)17-4/h12-16H,5-11H2,1-4H3. The maximum absolute atomic E-state index is 5.35. The lowest BCUT2D eigenvalue weighted by Gasteiger charge is -2.34. The molecule has 0 aliphatic heterocycles. The Morgan fingerprint density at radius 1 is 1.29 bits per heavy atom. The van der Waals surface area contributed by atoms with Crippen molar-refractivity contribution in [3.8, 4) is 0 Å². The maximum atomic E-state index is 5.35. The Kier molecular flexibility index (Phi) is 7.14. The first-order chi connectivity index (χ1) is 8.21. The average molecular weight is 241 g/mol. The summed E-state index contributed by atoms with van der Waals surface area (Å²) in [6.45, 7) is 4.51. The van der Waals surface area contributed by atoms with Crippen molar-refractivity contribution in [1.29, 1.82) is 0 Å². The van der Waals surface area contributed by atoms with E-state index in [4.69, 9.17) is 4.74 Å². The predicted octanol–water partition coefficient (Wildman–Crippen LogP) is 3.61. The van der Waals surface area contributed by atoms with E-state index in [1.54, 1.807) is 0 Å². The molecule has 0 aromatic carbocycles.